The molecule has 1 amide bonds. The van der Waals surface area contributed by atoms with Gasteiger partial charge in [0.15, 0.2) is 0 Å². The minimum absolute atomic E-state index is 0.0258. The first-order valence-corrected chi connectivity index (χ1v) is 10.1. The predicted molar refractivity (Wildman–Crippen MR) is 114 cm³/mol. The minimum Gasteiger partial charge on any atom is -0.483 e. The molecule has 1 aliphatic heterocycles. The van der Waals surface area contributed by atoms with Crippen molar-refractivity contribution in [3.8, 4) is 0 Å². The molecule has 2 aromatic heterocycles. The van der Waals surface area contributed by atoms with Crippen molar-refractivity contribution in [2.45, 2.75) is 26.4 Å². The van der Waals surface area contributed by atoms with Gasteiger partial charge < -0.3 is 10.0 Å². The second-order valence-corrected chi connectivity index (χ2v) is 7.11. The number of aryl methyl sites for hydroxylation is 1. The number of benzene rings is 1. The Hall–Kier alpha value is -3.26. The van der Waals surface area contributed by atoms with Crippen molar-refractivity contribution >= 4 is 23.2 Å². The van der Waals surface area contributed by atoms with Gasteiger partial charge in [0.05, 0.1) is 5.69 Å². The van der Waals surface area contributed by atoms with Gasteiger partial charge in [0.1, 0.15) is 5.69 Å². The average Bonchev–Trinajstić information content (AvgIpc) is 3.10. The van der Waals surface area contributed by atoms with E-state index in [9.17, 15) is 4.79 Å². The van der Waals surface area contributed by atoms with Crippen LogP contribution in [0.25, 0.3) is 10.8 Å². The fourth-order valence-corrected chi connectivity index (χ4v) is 3.59. The molecule has 1 saturated heterocycles. The first-order chi connectivity index (χ1) is 14.6. The van der Waals surface area contributed by atoms with E-state index in [0.29, 0.717) is 5.69 Å². The molecule has 1 fully saturated rings. The molecule has 1 N–H and O–H groups in total. The number of nitrogens with zero attached hydrogens (tertiary/aromatic N) is 5. The lowest BCUT2D eigenvalue weighted by molar-refractivity contribution is -0.122. The highest BCUT2D eigenvalue weighted by molar-refractivity contribution is 5.96. The minimum atomic E-state index is -0.250. The fraction of sp³-hybridized carbons (Fsp3) is 0.364. The Labute approximate surface area is 175 Å². The van der Waals surface area contributed by atoms with Gasteiger partial charge in [0, 0.05) is 57.0 Å². The molecule has 0 radical (unpaired) electrons. The van der Waals surface area contributed by atoms with E-state index in [1.165, 1.54) is 0 Å². The van der Waals surface area contributed by atoms with Gasteiger partial charge in [-0.25, -0.2) is 0 Å². The first-order valence-electron chi connectivity index (χ1n) is 10.1. The van der Waals surface area contributed by atoms with E-state index in [-0.39, 0.29) is 12.4 Å². The molecule has 3 aromatic rings. The van der Waals surface area contributed by atoms with E-state index in [2.05, 4.69) is 28.0 Å². The lowest BCUT2D eigenvalue weighted by Crippen LogP contribution is -2.35. The van der Waals surface area contributed by atoms with E-state index in [0.717, 1.165) is 62.2 Å². The molecule has 0 bridgehead atoms. The highest BCUT2D eigenvalue weighted by Gasteiger charge is 2.21. The van der Waals surface area contributed by atoms with Crippen LogP contribution in [-0.4, -0.2) is 68.2 Å². The van der Waals surface area contributed by atoms with Crippen molar-refractivity contribution in [2.24, 2.45) is 0 Å². The van der Waals surface area contributed by atoms with Gasteiger partial charge in [0.25, 0.3) is 12.4 Å². The topological polar surface area (TPSA) is 91.6 Å². The Balaban J connectivity index is 0.000000806. The van der Waals surface area contributed by atoms with Crippen LogP contribution in [0.1, 0.15) is 29.5 Å². The number of hydrogen-bond donors (Lipinski definition) is 1. The number of carbonyl (C=O) groups excluding carboxylic acids is 1. The Bertz CT molecular complexity index is 988. The molecule has 8 nitrogen and oxygen atoms in total. The third kappa shape index (κ3) is 5.42. The summed E-state index contributed by atoms with van der Waals surface area (Å²) in [6.07, 6.45) is 4.78. The van der Waals surface area contributed by atoms with Crippen LogP contribution in [0.2, 0.25) is 0 Å². The maximum Gasteiger partial charge on any atom is 0.290 e. The molecule has 3 heterocycles. The second-order valence-electron chi connectivity index (χ2n) is 7.11. The molecule has 0 atom stereocenters. The van der Waals surface area contributed by atoms with Crippen LogP contribution in [-0.2, 0) is 17.9 Å². The zero-order valence-electron chi connectivity index (χ0n) is 17.1. The average molecular weight is 409 g/mol. The van der Waals surface area contributed by atoms with Gasteiger partial charge in [-0.2, -0.15) is 5.10 Å². The molecule has 1 aliphatic rings. The van der Waals surface area contributed by atoms with E-state index in [1.54, 1.807) is 6.20 Å². The second kappa shape index (κ2) is 10.5. The molecule has 0 aliphatic carbocycles. The number of amides is 1. The number of aromatic nitrogens is 3. The van der Waals surface area contributed by atoms with E-state index >= 15 is 0 Å². The maximum atomic E-state index is 12.9. The Morgan fingerprint density at radius 1 is 1.13 bits per heavy atom. The molecule has 0 saturated carbocycles. The first kappa shape index (κ1) is 21.4. The summed E-state index contributed by atoms with van der Waals surface area (Å²) in [6.45, 7) is 6.90. The molecule has 0 spiro atoms. The summed E-state index contributed by atoms with van der Waals surface area (Å²) in [5, 5.41) is 13.6. The summed E-state index contributed by atoms with van der Waals surface area (Å²) < 4.78 is 1.95. The van der Waals surface area contributed by atoms with Crippen molar-refractivity contribution in [2.75, 3.05) is 26.2 Å². The number of pyridine rings is 1. The summed E-state index contributed by atoms with van der Waals surface area (Å²) in [4.78, 5) is 30.0. The fourth-order valence-electron chi connectivity index (χ4n) is 3.59. The molecular formula is C22H27N5O3. The van der Waals surface area contributed by atoms with Gasteiger partial charge in [-0.1, -0.05) is 24.3 Å². The lowest BCUT2D eigenvalue weighted by Gasteiger charge is -2.21. The van der Waals surface area contributed by atoms with E-state index < -0.39 is 0 Å². The van der Waals surface area contributed by atoms with Crippen molar-refractivity contribution in [3.05, 3.63) is 60.2 Å². The van der Waals surface area contributed by atoms with Crippen LogP contribution in [0.5, 0.6) is 0 Å². The molecule has 8 heteroatoms. The predicted octanol–water partition coefficient (Wildman–Crippen LogP) is 2.50. The van der Waals surface area contributed by atoms with Crippen LogP contribution in [0, 0.1) is 0 Å². The highest BCUT2D eigenvalue weighted by atomic mass is 16.3. The molecule has 4 rings (SSSR count). The summed E-state index contributed by atoms with van der Waals surface area (Å²) in [6, 6.07) is 12.0. The highest BCUT2D eigenvalue weighted by Crippen LogP contribution is 2.16. The Morgan fingerprint density at radius 2 is 1.90 bits per heavy atom. The zero-order valence-corrected chi connectivity index (χ0v) is 17.1. The number of carboxylic acid groups (broad SMARTS) is 1. The Morgan fingerprint density at radius 3 is 2.63 bits per heavy atom. The van der Waals surface area contributed by atoms with Crippen LogP contribution in [0.3, 0.4) is 0 Å². The molecular weight excluding hydrogens is 382 g/mol. The Kier molecular flexibility index (Phi) is 7.51. The zero-order chi connectivity index (χ0) is 21.3. The van der Waals surface area contributed by atoms with Crippen LogP contribution in [0.4, 0.5) is 0 Å². The molecule has 1 aromatic carbocycles. The summed E-state index contributed by atoms with van der Waals surface area (Å²) in [5.41, 5.74) is 1.62. The van der Waals surface area contributed by atoms with Crippen LogP contribution >= 0.6 is 0 Å². The van der Waals surface area contributed by atoms with Crippen molar-refractivity contribution < 1.29 is 14.7 Å². The third-order valence-electron chi connectivity index (χ3n) is 5.13. The largest absolute Gasteiger partial charge is 0.483 e. The van der Waals surface area contributed by atoms with E-state index in [4.69, 9.17) is 9.90 Å². The van der Waals surface area contributed by atoms with Crippen molar-refractivity contribution in [1.82, 2.24) is 24.6 Å². The van der Waals surface area contributed by atoms with Gasteiger partial charge >= 0.3 is 0 Å². The lowest BCUT2D eigenvalue weighted by atomic mass is 10.1. The van der Waals surface area contributed by atoms with Crippen LogP contribution < -0.4 is 0 Å². The van der Waals surface area contributed by atoms with Crippen molar-refractivity contribution in [1.29, 1.82) is 0 Å². The maximum absolute atomic E-state index is 12.9. The molecule has 0 unspecified atom stereocenters. The summed E-state index contributed by atoms with van der Waals surface area (Å²) in [5.74, 6) is 0.0258. The number of carbonyl (C=O) groups is 2. The monoisotopic (exact) mass is 409 g/mol. The normalized spacial score (nSPS) is 14.6. The molecule has 158 valence electrons. The number of fused-ring (bicyclic) bond motifs is 1. The number of rotatable bonds is 4. The quantitative estimate of drug-likeness (QED) is 0.666. The standard InChI is InChI=1S/C21H25N5O.CH2O2/c1-2-26-11-8-19(23-26)16-24-9-5-10-25(13-12-24)21(27)20-14-17-6-3-4-7-18(17)15-22-20;2-1-3/h3-4,6-8,11,14-15H,2,5,9-10,12-13,16H2,1H3;1H,(H,2,3). The van der Waals surface area contributed by atoms with Crippen LogP contribution in [0.15, 0.2) is 48.8 Å². The third-order valence-corrected chi connectivity index (χ3v) is 5.13. The smallest absolute Gasteiger partial charge is 0.290 e. The van der Waals surface area contributed by atoms with Gasteiger partial charge in [-0.05, 0) is 30.9 Å². The molecule has 30 heavy (non-hydrogen) atoms. The summed E-state index contributed by atoms with van der Waals surface area (Å²) in [7, 11) is 0. The van der Waals surface area contributed by atoms with Gasteiger partial charge in [-0.3, -0.25) is 24.2 Å². The van der Waals surface area contributed by atoms with Gasteiger partial charge in [-0.15, -0.1) is 0 Å². The SMILES string of the molecule is CCn1ccc(CN2CCCN(C(=O)c3cc4ccccc4cn3)CC2)n1.O=CO. The summed E-state index contributed by atoms with van der Waals surface area (Å²) >= 11 is 0. The van der Waals surface area contributed by atoms with E-state index in [1.807, 2.05) is 46.1 Å². The van der Waals surface area contributed by atoms with Crippen molar-refractivity contribution in [3.63, 3.8) is 0 Å². The number of hydrogen-bond acceptors (Lipinski definition) is 5. The van der Waals surface area contributed by atoms with Gasteiger partial charge in [0.2, 0.25) is 0 Å².